The number of benzene rings is 6. The molecule has 0 spiro atoms. The fourth-order valence-electron chi connectivity index (χ4n) is 6.79. The van der Waals surface area contributed by atoms with E-state index in [1.165, 1.54) is 81.2 Å². The third-order valence-corrected chi connectivity index (χ3v) is 9.74. The van der Waals surface area contributed by atoms with Gasteiger partial charge in [-0.1, -0.05) is 115 Å². The van der Waals surface area contributed by atoms with Crippen LogP contribution in [0.25, 0.3) is 86.7 Å². The van der Waals surface area contributed by atoms with Gasteiger partial charge in [0.2, 0.25) is 0 Å². The van der Waals surface area contributed by atoms with Crippen LogP contribution in [0.2, 0.25) is 0 Å². The summed E-state index contributed by atoms with van der Waals surface area (Å²) in [6.45, 7) is 0. The van der Waals surface area contributed by atoms with E-state index in [0.717, 1.165) is 5.52 Å². The van der Waals surface area contributed by atoms with Crippen LogP contribution < -0.4 is 0 Å². The molecule has 9 rings (SSSR count). The third-order valence-electron chi connectivity index (χ3n) is 8.52. The number of nitrogens with zero attached hydrogens (tertiary/aromatic N) is 1. The van der Waals surface area contributed by atoms with Gasteiger partial charge < -0.3 is 0 Å². The van der Waals surface area contributed by atoms with Crippen LogP contribution in [-0.4, -0.2) is 4.98 Å². The number of hydrogen-bond donors (Lipinski definition) is 0. The predicted molar refractivity (Wildman–Crippen MR) is 175 cm³/mol. The van der Waals surface area contributed by atoms with E-state index in [0.29, 0.717) is 0 Å². The molecule has 2 heteroatoms. The molecule has 0 fully saturated rings. The monoisotopic (exact) mass is 537 g/mol. The van der Waals surface area contributed by atoms with Gasteiger partial charge in [-0.15, -0.1) is 11.3 Å². The number of aromatic nitrogens is 1. The lowest BCUT2D eigenvalue weighted by atomic mass is 9.77. The Morgan fingerprint density at radius 1 is 0.366 bits per heavy atom. The molecule has 0 N–H and O–H groups in total. The van der Waals surface area contributed by atoms with Crippen molar-refractivity contribution in [3.05, 3.63) is 140 Å². The number of fused-ring (bicyclic) bond motifs is 13. The molecule has 0 bridgehead atoms. The van der Waals surface area contributed by atoms with E-state index in [1.54, 1.807) is 0 Å². The standard InChI is InChI=1S/C39H23NS/c1-2-12-26-24(10-1)25-11-3-4-14-28(25)37-29(32-17-8-16-31-27-13-5-6-20-36(27)41-39(31)32)15-7-18-34(37)38-30(26)21-22-35-33(38)19-9-23-40-35/h1-23H. The van der Waals surface area contributed by atoms with Crippen molar-refractivity contribution in [1.29, 1.82) is 0 Å². The van der Waals surface area contributed by atoms with Gasteiger partial charge >= 0.3 is 0 Å². The summed E-state index contributed by atoms with van der Waals surface area (Å²) in [6.07, 6.45) is 1.89. The van der Waals surface area contributed by atoms with Crippen LogP contribution >= 0.6 is 11.3 Å². The van der Waals surface area contributed by atoms with Gasteiger partial charge in [-0.3, -0.25) is 4.98 Å². The first-order valence-corrected chi connectivity index (χ1v) is 14.8. The number of hydrogen-bond acceptors (Lipinski definition) is 2. The van der Waals surface area contributed by atoms with Crippen LogP contribution in [0.15, 0.2) is 140 Å². The topological polar surface area (TPSA) is 12.9 Å². The molecule has 1 aliphatic carbocycles. The van der Waals surface area contributed by atoms with E-state index in [1.807, 2.05) is 17.5 Å². The zero-order valence-corrected chi connectivity index (χ0v) is 23.0. The van der Waals surface area contributed by atoms with E-state index < -0.39 is 0 Å². The predicted octanol–water partition coefficient (Wildman–Crippen LogP) is 11.3. The van der Waals surface area contributed by atoms with Gasteiger partial charge in [0.05, 0.1) is 5.52 Å². The van der Waals surface area contributed by atoms with Gasteiger partial charge in [0, 0.05) is 37.3 Å². The van der Waals surface area contributed by atoms with Crippen molar-refractivity contribution >= 4 is 42.4 Å². The lowest BCUT2D eigenvalue weighted by molar-refractivity contribution is 1.41. The lowest BCUT2D eigenvalue weighted by Crippen LogP contribution is -1.99. The number of pyridine rings is 1. The molecule has 0 unspecified atom stereocenters. The first-order valence-electron chi connectivity index (χ1n) is 14.0. The van der Waals surface area contributed by atoms with Gasteiger partial charge in [-0.25, -0.2) is 0 Å². The van der Waals surface area contributed by atoms with Crippen molar-refractivity contribution in [1.82, 2.24) is 4.98 Å². The normalized spacial score (nSPS) is 11.9. The van der Waals surface area contributed by atoms with Crippen molar-refractivity contribution in [3.8, 4) is 55.6 Å². The van der Waals surface area contributed by atoms with E-state index in [2.05, 4.69) is 133 Å². The Morgan fingerprint density at radius 3 is 1.83 bits per heavy atom. The first kappa shape index (κ1) is 22.7. The summed E-state index contributed by atoms with van der Waals surface area (Å²) in [5.41, 5.74) is 13.6. The molecule has 0 atom stereocenters. The van der Waals surface area contributed by atoms with Crippen molar-refractivity contribution in [2.75, 3.05) is 0 Å². The lowest BCUT2D eigenvalue weighted by Gasteiger charge is -2.26. The average Bonchev–Trinajstić information content (AvgIpc) is 3.42. The zero-order chi connectivity index (χ0) is 26.9. The highest BCUT2D eigenvalue weighted by molar-refractivity contribution is 7.26. The minimum Gasteiger partial charge on any atom is -0.256 e. The van der Waals surface area contributed by atoms with E-state index >= 15 is 0 Å². The van der Waals surface area contributed by atoms with E-state index in [4.69, 9.17) is 4.98 Å². The van der Waals surface area contributed by atoms with Crippen LogP contribution in [0.5, 0.6) is 0 Å². The molecule has 41 heavy (non-hydrogen) atoms. The Bertz CT molecular complexity index is 2320. The summed E-state index contributed by atoms with van der Waals surface area (Å²) in [5, 5.41) is 3.82. The molecule has 8 aromatic rings. The molecule has 0 radical (unpaired) electrons. The maximum Gasteiger partial charge on any atom is 0.0708 e. The average molecular weight is 538 g/mol. The quantitative estimate of drug-likeness (QED) is 0.203. The van der Waals surface area contributed by atoms with Crippen molar-refractivity contribution in [2.45, 2.75) is 0 Å². The molecule has 1 aliphatic rings. The second kappa shape index (κ2) is 8.72. The highest BCUT2D eigenvalue weighted by Gasteiger charge is 2.26. The Hall–Kier alpha value is -5.05. The molecule has 2 heterocycles. The van der Waals surface area contributed by atoms with Gasteiger partial charge in [-0.2, -0.15) is 0 Å². The smallest absolute Gasteiger partial charge is 0.0708 e. The van der Waals surface area contributed by atoms with E-state index in [-0.39, 0.29) is 0 Å². The van der Waals surface area contributed by atoms with Crippen LogP contribution in [0.3, 0.4) is 0 Å². The second-order valence-electron chi connectivity index (χ2n) is 10.7. The van der Waals surface area contributed by atoms with Gasteiger partial charge in [0.1, 0.15) is 0 Å². The van der Waals surface area contributed by atoms with Crippen LogP contribution in [0, 0.1) is 0 Å². The van der Waals surface area contributed by atoms with Crippen LogP contribution in [-0.2, 0) is 0 Å². The van der Waals surface area contributed by atoms with Crippen molar-refractivity contribution in [2.24, 2.45) is 0 Å². The zero-order valence-electron chi connectivity index (χ0n) is 22.1. The SMILES string of the molecule is c1ccc2c(c1)-c1ccccc1-c1c(cccc1-c1cccc3c1sc1ccccc13)-c1c-2ccc2ncccc12. The van der Waals surface area contributed by atoms with Crippen molar-refractivity contribution < 1.29 is 0 Å². The molecule has 1 nitrogen and oxygen atoms in total. The first-order chi connectivity index (χ1) is 20.4. The molecule has 0 amide bonds. The molecule has 6 aromatic carbocycles. The van der Waals surface area contributed by atoms with Crippen LogP contribution in [0.4, 0.5) is 0 Å². The summed E-state index contributed by atoms with van der Waals surface area (Å²) in [5.74, 6) is 0. The highest BCUT2D eigenvalue weighted by Crippen LogP contribution is 2.53. The summed E-state index contributed by atoms with van der Waals surface area (Å²) < 4.78 is 2.66. The minimum atomic E-state index is 1.01. The minimum absolute atomic E-state index is 1.01. The highest BCUT2D eigenvalue weighted by atomic mass is 32.1. The number of thiophene rings is 1. The maximum absolute atomic E-state index is 4.76. The molecule has 2 aromatic heterocycles. The van der Waals surface area contributed by atoms with Gasteiger partial charge in [0.25, 0.3) is 0 Å². The summed E-state index contributed by atoms with van der Waals surface area (Å²) in [7, 11) is 0. The molecule has 190 valence electrons. The van der Waals surface area contributed by atoms with Crippen molar-refractivity contribution in [3.63, 3.8) is 0 Å². The Kier molecular flexibility index (Phi) is 4.84. The number of rotatable bonds is 1. The Labute approximate surface area is 242 Å². The maximum atomic E-state index is 4.76. The molecular formula is C39H23NS. The fourth-order valence-corrected chi connectivity index (χ4v) is 8.02. The molecule has 0 saturated carbocycles. The van der Waals surface area contributed by atoms with E-state index in [9.17, 15) is 0 Å². The second-order valence-corrected chi connectivity index (χ2v) is 11.7. The molecule has 0 aliphatic heterocycles. The van der Waals surface area contributed by atoms with Gasteiger partial charge in [0.15, 0.2) is 0 Å². The largest absolute Gasteiger partial charge is 0.256 e. The summed E-state index contributed by atoms with van der Waals surface area (Å²) in [6, 6.07) is 48.9. The molecular weight excluding hydrogens is 515 g/mol. The third kappa shape index (κ3) is 3.26. The fraction of sp³-hybridized carbons (Fsp3) is 0. The van der Waals surface area contributed by atoms with Gasteiger partial charge in [-0.05, 0) is 68.3 Å². The Morgan fingerprint density at radius 2 is 0.951 bits per heavy atom. The Balaban J connectivity index is 1.49. The summed E-state index contributed by atoms with van der Waals surface area (Å²) >= 11 is 1.89. The molecule has 0 saturated heterocycles. The van der Waals surface area contributed by atoms with Crippen LogP contribution in [0.1, 0.15) is 0 Å². The summed E-state index contributed by atoms with van der Waals surface area (Å²) in [4.78, 5) is 4.76.